The molecule has 1 saturated carbocycles. The van der Waals surface area contributed by atoms with Gasteiger partial charge in [-0.2, -0.15) is 0 Å². The highest BCUT2D eigenvalue weighted by Crippen LogP contribution is 2.34. The van der Waals surface area contributed by atoms with Gasteiger partial charge in [-0.05, 0) is 32.6 Å². The molecule has 1 atom stereocenters. The van der Waals surface area contributed by atoms with Crippen LogP contribution in [0.1, 0.15) is 35.9 Å². The Morgan fingerprint density at radius 3 is 2.76 bits per heavy atom. The molecule has 1 aromatic rings. The summed E-state index contributed by atoms with van der Waals surface area (Å²) in [5.41, 5.74) is -1.29. The smallest absolute Gasteiger partial charge is 0.354 e. The lowest BCUT2D eigenvalue weighted by Crippen LogP contribution is -2.22. The maximum Gasteiger partial charge on any atom is 0.354 e. The fourth-order valence-electron chi connectivity index (χ4n) is 1.67. The van der Waals surface area contributed by atoms with Crippen molar-refractivity contribution in [2.24, 2.45) is 5.92 Å². The van der Waals surface area contributed by atoms with E-state index in [9.17, 15) is 14.7 Å². The van der Waals surface area contributed by atoms with Crippen LogP contribution in [0, 0.1) is 12.8 Å². The van der Waals surface area contributed by atoms with E-state index in [2.05, 4.69) is 0 Å². The minimum atomic E-state index is -0.865. The van der Waals surface area contributed by atoms with Crippen molar-refractivity contribution in [3.05, 3.63) is 27.8 Å². The van der Waals surface area contributed by atoms with Crippen LogP contribution in [0.25, 0.3) is 0 Å². The van der Waals surface area contributed by atoms with E-state index in [4.69, 9.17) is 9.15 Å². The van der Waals surface area contributed by atoms with E-state index in [0.717, 1.165) is 12.8 Å². The topological polar surface area (TPSA) is 76.7 Å². The van der Waals surface area contributed by atoms with Gasteiger partial charge in [0.25, 0.3) is 0 Å². The Morgan fingerprint density at radius 2 is 2.24 bits per heavy atom. The molecule has 5 nitrogen and oxygen atoms in total. The summed E-state index contributed by atoms with van der Waals surface area (Å²) in [5, 5.41) is 9.55. The molecule has 0 bridgehead atoms. The van der Waals surface area contributed by atoms with Crippen LogP contribution in [0.4, 0.5) is 0 Å². The van der Waals surface area contributed by atoms with Crippen LogP contribution >= 0.6 is 0 Å². The summed E-state index contributed by atoms with van der Waals surface area (Å²) in [7, 11) is 0. The molecule has 1 fully saturated rings. The van der Waals surface area contributed by atoms with E-state index in [1.54, 1.807) is 6.92 Å². The van der Waals surface area contributed by atoms with E-state index in [0.29, 0.717) is 5.92 Å². The van der Waals surface area contributed by atoms with Gasteiger partial charge in [0.15, 0.2) is 5.56 Å². The van der Waals surface area contributed by atoms with Crippen LogP contribution in [0.15, 0.2) is 15.3 Å². The highest BCUT2D eigenvalue weighted by atomic mass is 16.5. The maximum atomic E-state index is 11.7. The summed E-state index contributed by atoms with van der Waals surface area (Å²) < 4.78 is 9.85. The van der Waals surface area contributed by atoms with Crippen molar-refractivity contribution in [3.8, 4) is 5.75 Å². The van der Waals surface area contributed by atoms with Crippen molar-refractivity contribution in [1.82, 2.24) is 0 Å². The zero-order chi connectivity index (χ0) is 12.6. The molecule has 0 aliphatic heterocycles. The van der Waals surface area contributed by atoms with Crippen molar-refractivity contribution < 1.29 is 19.1 Å². The van der Waals surface area contributed by atoms with Gasteiger partial charge < -0.3 is 14.3 Å². The normalized spacial score (nSPS) is 16.6. The summed E-state index contributed by atoms with van der Waals surface area (Å²) in [6.07, 6.45) is 1.83. The van der Waals surface area contributed by atoms with E-state index in [1.165, 1.54) is 13.0 Å². The van der Waals surface area contributed by atoms with Gasteiger partial charge in [-0.1, -0.05) is 0 Å². The van der Waals surface area contributed by atoms with Crippen LogP contribution in [0.2, 0.25) is 0 Å². The van der Waals surface area contributed by atoms with Crippen molar-refractivity contribution in [3.63, 3.8) is 0 Å². The molecule has 2 rings (SSSR count). The molecule has 1 N–H and O–H groups in total. The van der Waals surface area contributed by atoms with Gasteiger partial charge in [0, 0.05) is 6.07 Å². The lowest BCUT2D eigenvalue weighted by atomic mass is 10.2. The van der Waals surface area contributed by atoms with Gasteiger partial charge in [0.2, 0.25) is 0 Å². The van der Waals surface area contributed by atoms with Gasteiger partial charge >= 0.3 is 11.6 Å². The Kier molecular flexibility index (Phi) is 2.92. The molecular formula is C12H14O5. The maximum absolute atomic E-state index is 11.7. The zero-order valence-electron chi connectivity index (χ0n) is 9.73. The summed E-state index contributed by atoms with van der Waals surface area (Å²) in [4.78, 5) is 23.1. The Labute approximate surface area is 98.0 Å². The molecule has 0 radical (unpaired) electrons. The van der Waals surface area contributed by atoms with E-state index >= 15 is 0 Å². The van der Waals surface area contributed by atoms with Gasteiger partial charge in [-0.25, -0.2) is 9.59 Å². The van der Waals surface area contributed by atoms with Gasteiger partial charge in [-0.3, -0.25) is 0 Å². The van der Waals surface area contributed by atoms with Crippen LogP contribution < -0.4 is 5.63 Å². The van der Waals surface area contributed by atoms with Crippen molar-refractivity contribution in [2.75, 3.05) is 0 Å². The first-order valence-electron chi connectivity index (χ1n) is 5.53. The predicted octanol–water partition coefficient (Wildman–Crippen LogP) is 1.61. The second-order valence-electron chi connectivity index (χ2n) is 4.35. The van der Waals surface area contributed by atoms with E-state index in [1.807, 2.05) is 0 Å². The summed E-state index contributed by atoms with van der Waals surface area (Å²) in [6.45, 7) is 3.30. The Balaban J connectivity index is 2.21. The number of hydrogen-bond donors (Lipinski definition) is 1. The molecule has 92 valence electrons. The fraction of sp³-hybridized carbons (Fsp3) is 0.500. The molecule has 0 saturated heterocycles. The summed E-state index contributed by atoms with van der Waals surface area (Å²) in [6, 6.07) is 1.22. The van der Waals surface area contributed by atoms with Crippen LogP contribution in [0.3, 0.4) is 0 Å². The average molecular weight is 238 g/mol. The number of carbonyl (C=O) groups excluding carboxylic acids is 1. The Bertz CT molecular complexity index is 498. The van der Waals surface area contributed by atoms with Crippen LogP contribution in [-0.2, 0) is 4.74 Å². The molecule has 1 aliphatic rings. The standard InChI is InChI=1S/C12H14O5/c1-6-5-9(13)10(11(14)16-6)12(15)17-7(2)8-3-4-8/h5,7-8,13H,3-4H2,1-2H3. The fourth-order valence-corrected chi connectivity index (χ4v) is 1.67. The number of esters is 1. The summed E-state index contributed by atoms with van der Waals surface area (Å²) >= 11 is 0. The second kappa shape index (κ2) is 4.24. The minimum absolute atomic E-state index is 0.234. The molecule has 0 spiro atoms. The van der Waals surface area contributed by atoms with E-state index < -0.39 is 22.9 Å². The van der Waals surface area contributed by atoms with Crippen molar-refractivity contribution >= 4 is 5.97 Å². The molecule has 0 aromatic carbocycles. The number of hydrogen-bond acceptors (Lipinski definition) is 5. The average Bonchev–Trinajstić information content (AvgIpc) is 2.97. The van der Waals surface area contributed by atoms with Gasteiger partial charge in [-0.15, -0.1) is 0 Å². The zero-order valence-corrected chi connectivity index (χ0v) is 9.73. The number of aryl methyl sites for hydroxylation is 1. The second-order valence-corrected chi connectivity index (χ2v) is 4.35. The highest BCUT2D eigenvalue weighted by molar-refractivity contribution is 5.91. The third kappa shape index (κ3) is 2.49. The Hall–Kier alpha value is -1.78. The lowest BCUT2D eigenvalue weighted by molar-refractivity contribution is 0.0286. The molecule has 1 aromatic heterocycles. The third-order valence-electron chi connectivity index (χ3n) is 2.84. The number of aromatic hydroxyl groups is 1. The van der Waals surface area contributed by atoms with Gasteiger partial charge in [0.1, 0.15) is 17.6 Å². The van der Waals surface area contributed by atoms with Crippen LogP contribution in [-0.4, -0.2) is 17.2 Å². The van der Waals surface area contributed by atoms with Crippen LogP contribution in [0.5, 0.6) is 5.75 Å². The highest BCUT2D eigenvalue weighted by Gasteiger charge is 2.32. The third-order valence-corrected chi connectivity index (χ3v) is 2.84. The largest absolute Gasteiger partial charge is 0.507 e. The lowest BCUT2D eigenvalue weighted by Gasteiger charge is -2.11. The molecule has 1 unspecified atom stereocenters. The SMILES string of the molecule is Cc1cc(O)c(C(=O)OC(C)C2CC2)c(=O)o1. The molecule has 5 heteroatoms. The van der Waals surface area contributed by atoms with Gasteiger partial charge in [0.05, 0.1) is 0 Å². The number of ether oxygens (including phenoxy) is 1. The molecule has 1 aliphatic carbocycles. The minimum Gasteiger partial charge on any atom is -0.507 e. The van der Waals surface area contributed by atoms with Crippen molar-refractivity contribution in [1.29, 1.82) is 0 Å². The predicted molar refractivity (Wildman–Crippen MR) is 59.0 cm³/mol. The first kappa shape index (κ1) is 11.7. The van der Waals surface area contributed by atoms with Crippen molar-refractivity contribution in [2.45, 2.75) is 32.8 Å². The quantitative estimate of drug-likeness (QED) is 0.809. The Morgan fingerprint density at radius 1 is 1.59 bits per heavy atom. The molecule has 0 amide bonds. The monoisotopic (exact) mass is 238 g/mol. The molecule has 17 heavy (non-hydrogen) atoms. The molecule has 1 heterocycles. The van der Waals surface area contributed by atoms with E-state index in [-0.39, 0.29) is 11.9 Å². The first-order chi connectivity index (χ1) is 7.99. The number of rotatable bonds is 3. The molecular weight excluding hydrogens is 224 g/mol. The first-order valence-corrected chi connectivity index (χ1v) is 5.53. The number of carbonyl (C=O) groups is 1. The summed E-state index contributed by atoms with van der Waals surface area (Å²) in [5.74, 6) is -0.597.